The number of hydrogen-bond donors (Lipinski definition) is 1. The smallest absolute Gasteiger partial charge is 0.0674 e. The molecule has 3 heteroatoms. The summed E-state index contributed by atoms with van der Waals surface area (Å²) in [5, 5.41) is 0. The second kappa shape index (κ2) is 7.39. The molecule has 21 heavy (non-hydrogen) atoms. The van der Waals surface area contributed by atoms with Crippen molar-refractivity contribution in [1.29, 1.82) is 0 Å². The Balaban J connectivity index is 1.94. The van der Waals surface area contributed by atoms with Crippen LogP contribution in [0.1, 0.15) is 49.4 Å². The summed E-state index contributed by atoms with van der Waals surface area (Å²) >= 11 is 0. The van der Waals surface area contributed by atoms with E-state index in [9.17, 15) is 0 Å². The number of ether oxygens (including phenoxy) is 1. The normalized spacial score (nSPS) is 25.0. The zero-order valence-electron chi connectivity index (χ0n) is 13.9. The molecule has 1 aliphatic rings. The summed E-state index contributed by atoms with van der Waals surface area (Å²) in [6, 6.07) is 7.31. The molecule has 1 aromatic carbocycles. The van der Waals surface area contributed by atoms with E-state index in [1.54, 1.807) is 0 Å². The molecule has 0 aliphatic carbocycles. The van der Waals surface area contributed by atoms with Gasteiger partial charge in [0.15, 0.2) is 0 Å². The molecule has 2 rings (SSSR count). The second-order valence-electron chi connectivity index (χ2n) is 6.52. The van der Waals surface area contributed by atoms with Gasteiger partial charge in [-0.1, -0.05) is 36.2 Å². The number of rotatable bonds is 5. The summed E-state index contributed by atoms with van der Waals surface area (Å²) in [6.07, 6.45) is 2.49. The fourth-order valence-electron chi connectivity index (χ4n) is 3.26. The molecule has 0 aromatic heterocycles. The topological polar surface area (TPSA) is 38.5 Å². The van der Waals surface area contributed by atoms with Crippen molar-refractivity contribution < 1.29 is 4.74 Å². The maximum absolute atomic E-state index is 6.41. The van der Waals surface area contributed by atoms with E-state index in [4.69, 9.17) is 10.5 Å². The molecule has 2 N–H and O–H groups in total. The number of nitrogens with zero attached hydrogens (tertiary/aromatic N) is 1. The average molecular weight is 290 g/mol. The van der Waals surface area contributed by atoms with Crippen molar-refractivity contribution in [1.82, 2.24) is 4.90 Å². The fourth-order valence-corrected chi connectivity index (χ4v) is 3.26. The molecule has 3 atom stereocenters. The number of aryl methyl sites for hydroxylation is 2. The molecule has 3 nitrogen and oxygen atoms in total. The van der Waals surface area contributed by atoms with Crippen molar-refractivity contribution in [3.8, 4) is 0 Å². The van der Waals surface area contributed by atoms with Gasteiger partial charge in [-0.2, -0.15) is 0 Å². The molecule has 3 unspecified atom stereocenters. The van der Waals surface area contributed by atoms with Gasteiger partial charge in [-0.3, -0.25) is 4.90 Å². The first kappa shape index (κ1) is 16.5. The van der Waals surface area contributed by atoms with Gasteiger partial charge in [-0.15, -0.1) is 0 Å². The van der Waals surface area contributed by atoms with Crippen LogP contribution in [0.2, 0.25) is 0 Å². The van der Waals surface area contributed by atoms with Crippen molar-refractivity contribution in [2.24, 2.45) is 5.73 Å². The quantitative estimate of drug-likeness (QED) is 0.905. The van der Waals surface area contributed by atoms with Crippen LogP contribution in [-0.2, 0) is 4.74 Å². The average Bonchev–Trinajstić information content (AvgIpc) is 2.43. The molecule has 1 saturated heterocycles. The third kappa shape index (κ3) is 4.53. The molecule has 0 radical (unpaired) electrons. The molecule has 0 amide bonds. The number of benzene rings is 1. The summed E-state index contributed by atoms with van der Waals surface area (Å²) in [5.74, 6) is 0. The third-order valence-corrected chi connectivity index (χ3v) is 4.45. The lowest BCUT2D eigenvalue weighted by Gasteiger charge is -2.38. The van der Waals surface area contributed by atoms with Gasteiger partial charge >= 0.3 is 0 Å². The Kier molecular flexibility index (Phi) is 5.80. The van der Waals surface area contributed by atoms with Crippen LogP contribution in [0, 0.1) is 13.8 Å². The minimum atomic E-state index is 0.124. The molecule has 1 aliphatic heterocycles. The monoisotopic (exact) mass is 290 g/mol. The van der Waals surface area contributed by atoms with Gasteiger partial charge < -0.3 is 10.5 Å². The zero-order chi connectivity index (χ0) is 15.4. The SMILES string of the molecule is CCC1COC(C)CN1CCC(N)c1cc(C)cc(C)c1. The van der Waals surface area contributed by atoms with Crippen LogP contribution in [0.5, 0.6) is 0 Å². The maximum atomic E-state index is 6.41. The lowest BCUT2D eigenvalue weighted by atomic mass is 9.99. The number of morpholine rings is 1. The Morgan fingerprint density at radius 1 is 1.29 bits per heavy atom. The number of nitrogens with two attached hydrogens (primary N) is 1. The van der Waals surface area contributed by atoms with Crippen molar-refractivity contribution in [2.75, 3.05) is 19.7 Å². The van der Waals surface area contributed by atoms with E-state index in [0.29, 0.717) is 12.1 Å². The minimum absolute atomic E-state index is 0.124. The Bertz CT molecular complexity index is 440. The van der Waals surface area contributed by atoms with E-state index in [-0.39, 0.29) is 6.04 Å². The van der Waals surface area contributed by atoms with Crippen LogP contribution in [0.25, 0.3) is 0 Å². The van der Waals surface area contributed by atoms with Crippen LogP contribution in [0.4, 0.5) is 0 Å². The first-order chi connectivity index (χ1) is 9.99. The molecule has 0 spiro atoms. The summed E-state index contributed by atoms with van der Waals surface area (Å²) in [7, 11) is 0. The molecule has 0 bridgehead atoms. The van der Waals surface area contributed by atoms with Crippen molar-refractivity contribution in [2.45, 2.75) is 58.7 Å². The lowest BCUT2D eigenvalue weighted by Crippen LogP contribution is -2.49. The van der Waals surface area contributed by atoms with Crippen LogP contribution in [-0.4, -0.2) is 36.7 Å². The van der Waals surface area contributed by atoms with Crippen LogP contribution in [0.15, 0.2) is 18.2 Å². The molecule has 118 valence electrons. The molecule has 0 saturated carbocycles. The predicted molar refractivity (Wildman–Crippen MR) is 88.5 cm³/mol. The van der Waals surface area contributed by atoms with Crippen molar-refractivity contribution >= 4 is 0 Å². The summed E-state index contributed by atoms with van der Waals surface area (Å²) in [6.45, 7) is 11.6. The van der Waals surface area contributed by atoms with Crippen molar-refractivity contribution in [3.05, 3.63) is 34.9 Å². The van der Waals surface area contributed by atoms with E-state index in [2.05, 4.69) is 50.8 Å². The van der Waals surface area contributed by atoms with E-state index in [1.165, 1.54) is 16.7 Å². The van der Waals surface area contributed by atoms with Gasteiger partial charge in [0, 0.05) is 25.2 Å². The first-order valence-electron chi connectivity index (χ1n) is 8.19. The summed E-state index contributed by atoms with van der Waals surface area (Å²) in [4.78, 5) is 2.55. The van der Waals surface area contributed by atoms with Gasteiger partial charge in [0.1, 0.15) is 0 Å². The Morgan fingerprint density at radius 2 is 1.95 bits per heavy atom. The van der Waals surface area contributed by atoms with Crippen LogP contribution in [0.3, 0.4) is 0 Å². The number of hydrogen-bond acceptors (Lipinski definition) is 3. The van der Waals surface area contributed by atoms with Gasteiger partial charge in [0.05, 0.1) is 12.7 Å². The second-order valence-corrected chi connectivity index (χ2v) is 6.52. The molecule has 1 heterocycles. The first-order valence-corrected chi connectivity index (χ1v) is 8.19. The Hall–Kier alpha value is -0.900. The van der Waals surface area contributed by atoms with Crippen LogP contribution < -0.4 is 5.73 Å². The Morgan fingerprint density at radius 3 is 2.57 bits per heavy atom. The molecular formula is C18H30N2O. The lowest BCUT2D eigenvalue weighted by molar-refractivity contribution is -0.0564. The fraction of sp³-hybridized carbons (Fsp3) is 0.667. The zero-order valence-corrected chi connectivity index (χ0v) is 13.9. The van der Waals surface area contributed by atoms with Gasteiger partial charge in [-0.25, -0.2) is 0 Å². The van der Waals surface area contributed by atoms with Gasteiger partial charge in [0.25, 0.3) is 0 Å². The largest absolute Gasteiger partial charge is 0.376 e. The molecule has 1 fully saturated rings. The highest BCUT2D eigenvalue weighted by atomic mass is 16.5. The summed E-state index contributed by atoms with van der Waals surface area (Å²) in [5.41, 5.74) is 10.3. The van der Waals surface area contributed by atoms with Crippen molar-refractivity contribution in [3.63, 3.8) is 0 Å². The highest BCUT2D eigenvalue weighted by Crippen LogP contribution is 2.21. The molecular weight excluding hydrogens is 260 g/mol. The van der Waals surface area contributed by atoms with Crippen LogP contribution >= 0.6 is 0 Å². The minimum Gasteiger partial charge on any atom is -0.376 e. The predicted octanol–water partition coefficient (Wildman–Crippen LogP) is 3.19. The summed E-state index contributed by atoms with van der Waals surface area (Å²) < 4.78 is 5.76. The standard InChI is InChI=1S/C18H30N2O/c1-5-17-12-21-15(4)11-20(17)7-6-18(19)16-9-13(2)8-14(3)10-16/h8-10,15,17-18H,5-7,11-12,19H2,1-4H3. The Labute approximate surface area is 129 Å². The highest BCUT2D eigenvalue weighted by molar-refractivity contribution is 5.30. The van der Waals surface area contributed by atoms with E-state index in [0.717, 1.165) is 32.5 Å². The van der Waals surface area contributed by atoms with Gasteiger partial charge in [-0.05, 0) is 39.2 Å². The molecule has 1 aromatic rings. The third-order valence-electron chi connectivity index (χ3n) is 4.45. The van der Waals surface area contributed by atoms with E-state index < -0.39 is 0 Å². The van der Waals surface area contributed by atoms with E-state index in [1.807, 2.05) is 0 Å². The highest BCUT2D eigenvalue weighted by Gasteiger charge is 2.25. The maximum Gasteiger partial charge on any atom is 0.0674 e. The van der Waals surface area contributed by atoms with E-state index >= 15 is 0 Å². The van der Waals surface area contributed by atoms with Gasteiger partial charge in [0.2, 0.25) is 0 Å².